The van der Waals surface area contributed by atoms with Gasteiger partial charge in [0.25, 0.3) is 0 Å². The van der Waals surface area contributed by atoms with Gasteiger partial charge in [-0.15, -0.1) is 0 Å². The number of aromatic amines is 1. The molecule has 4 aromatic rings. The van der Waals surface area contributed by atoms with Crippen LogP contribution >= 0.6 is 0 Å². The zero-order valence-electron chi connectivity index (χ0n) is 18.5. The third kappa shape index (κ3) is 4.28. The number of nitrogens with zero attached hydrogens (tertiary/aromatic N) is 3. The maximum absolute atomic E-state index is 6.09. The first-order chi connectivity index (χ1) is 16.3. The summed E-state index contributed by atoms with van der Waals surface area (Å²) in [5.74, 6) is 1.26. The van der Waals surface area contributed by atoms with Crippen LogP contribution in [0.5, 0.6) is 11.8 Å². The first kappa shape index (κ1) is 20.2. The van der Waals surface area contributed by atoms with Crippen LogP contribution in [-0.2, 0) is 0 Å². The number of H-pyrrole nitrogens is 1. The number of aromatic nitrogens is 4. The van der Waals surface area contributed by atoms with Crippen LogP contribution in [0, 0.1) is 0 Å². The second kappa shape index (κ2) is 8.83. The van der Waals surface area contributed by atoms with Crippen LogP contribution in [0.2, 0.25) is 0 Å². The van der Waals surface area contributed by atoms with Gasteiger partial charge in [-0.1, -0.05) is 12.1 Å². The van der Waals surface area contributed by atoms with Crippen LogP contribution < -0.4 is 14.8 Å². The van der Waals surface area contributed by atoms with Gasteiger partial charge in [0.15, 0.2) is 0 Å². The molecule has 7 heteroatoms. The van der Waals surface area contributed by atoms with E-state index in [4.69, 9.17) is 19.4 Å². The first-order valence-corrected chi connectivity index (χ1v) is 11.8. The number of ether oxygens (including phenoxy) is 2. The third-order valence-corrected chi connectivity index (χ3v) is 6.47. The fraction of sp³-hybridized carbons (Fsp3) is 0.346. The van der Waals surface area contributed by atoms with Crippen molar-refractivity contribution in [2.75, 3.05) is 13.1 Å². The van der Waals surface area contributed by atoms with Crippen molar-refractivity contribution in [3.63, 3.8) is 0 Å². The highest BCUT2D eigenvalue weighted by Crippen LogP contribution is 2.32. The number of hydrogen-bond acceptors (Lipinski definition) is 6. The zero-order valence-corrected chi connectivity index (χ0v) is 18.5. The van der Waals surface area contributed by atoms with Crippen molar-refractivity contribution in [2.45, 2.75) is 44.3 Å². The molecular formula is C26H27N5O2. The van der Waals surface area contributed by atoms with Gasteiger partial charge in [0.1, 0.15) is 12.2 Å². The molecule has 0 radical (unpaired) electrons. The van der Waals surface area contributed by atoms with E-state index in [0.29, 0.717) is 17.9 Å². The molecule has 1 saturated carbocycles. The van der Waals surface area contributed by atoms with E-state index in [1.54, 1.807) is 12.4 Å². The van der Waals surface area contributed by atoms with E-state index in [1.807, 2.05) is 24.4 Å². The van der Waals surface area contributed by atoms with E-state index >= 15 is 0 Å². The molecule has 6 rings (SSSR count). The first-order valence-electron chi connectivity index (χ1n) is 11.8. The molecule has 0 unspecified atom stereocenters. The molecule has 1 aliphatic carbocycles. The van der Waals surface area contributed by atoms with Crippen LogP contribution in [-0.4, -0.2) is 45.2 Å². The van der Waals surface area contributed by atoms with Crippen molar-refractivity contribution in [3.05, 3.63) is 55.0 Å². The van der Waals surface area contributed by atoms with Crippen LogP contribution in [0.25, 0.3) is 33.4 Å². The van der Waals surface area contributed by atoms with Gasteiger partial charge in [-0.25, -0.2) is 9.97 Å². The molecule has 3 aromatic heterocycles. The van der Waals surface area contributed by atoms with Gasteiger partial charge in [-0.05, 0) is 56.8 Å². The van der Waals surface area contributed by atoms with Crippen LogP contribution in [0.4, 0.5) is 0 Å². The molecule has 0 bridgehead atoms. The molecule has 2 fully saturated rings. The molecule has 168 valence electrons. The quantitative estimate of drug-likeness (QED) is 0.449. The Bertz CT molecular complexity index is 1260. The minimum absolute atomic E-state index is 0.137. The molecule has 4 heterocycles. The van der Waals surface area contributed by atoms with Crippen molar-refractivity contribution >= 4 is 10.9 Å². The molecule has 2 aliphatic rings. The number of fused-ring (bicyclic) bond motifs is 1. The molecule has 1 saturated heterocycles. The Morgan fingerprint density at radius 1 is 0.848 bits per heavy atom. The molecule has 33 heavy (non-hydrogen) atoms. The van der Waals surface area contributed by atoms with Gasteiger partial charge in [0, 0.05) is 40.8 Å². The van der Waals surface area contributed by atoms with Gasteiger partial charge in [-0.3, -0.25) is 4.98 Å². The summed E-state index contributed by atoms with van der Waals surface area (Å²) < 4.78 is 12.1. The van der Waals surface area contributed by atoms with Crippen molar-refractivity contribution < 1.29 is 9.47 Å². The smallest absolute Gasteiger partial charge is 0.233 e. The number of rotatable bonds is 6. The van der Waals surface area contributed by atoms with Gasteiger partial charge in [0.05, 0.1) is 23.8 Å². The highest BCUT2D eigenvalue weighted by atomic mass is 16.5. The Kier molecular flexibility index (Phi) is 5.40. The summed E-state index contributed by atoms with van der Waals surface area (Å²) in [4.78, 5) is 17.3. The summed E-state index contributed by atoms with van der Waals surface area (Å²) in [6.07, 6.45) is 11.5. The van der Waals surface area contributed by atoms with Crippen molar-refractivity contribution in [2.24, 2.45) is 0 Å². The maximum atomic E-state index is 6.09. The maximum Gasteiger partial charge on any atom is 0.233 e. The lowest BCUT2D eigenvalue weighted by atomic mass is 9.96. The van der Waals surface area contributed by atoms with Gasteiger partial charge < -0.3 is 19.8 Å². The highest BCUT2D eigenvalue weighted by molar-refractivity contribution is 5.96. The van der Waals surface area contributed by atoms with E-state index in [-0.39, 0.29) is 6.10 Å². The standard InChI is InChI=1S/C26H27N5O2/c1-4-18(5-1)32-25-8-2-7-22(30-25)17-9-10-23-20(12-17)21(14-29-23)24-15-28-16-26(31-24)33-19-6-3-11-27-13-19/h2,7-10,12,14-16,18-19,27,29H,1,3-6,11,13H2/t19-/m1/s1. The Labute approximate surface area is 192 Å². The summed E-state index contributed by atoms with van der Waals surface area (Å²) in [6, 6.07) is 12.3. The van der Waals surface area contributed by atoms with Crippen LogP contribution in [0.1, 0.15) is 32.1 Å². The SMILES string of the molecule is c1cc(OC2CCC2)nc(-c2ccc3[nH]cc(-c4cncc(O[C@@H]5CCCNC5)n4)c3c2)c1. The van der Waals surface area contributed by atoms with E-state index in [9.17, 15) is 0 Å². The van der Waals surface area contributed by atoms with Crippen LogP contribution in [0.3, 0.4) is 0 Å². The molecule has 1 atom stereocenters. The average Bonchev–Trinajstić information content (AvgIpc) is 3.26. The third-order valence-electron chi connectivity index (χ3n) is 6.47. The number of piperidine rings is 1. The topological polar surface area (TPSA) is 85.0 Å². The van der Waals surface area contributed by atoms with E-state index < -0.39 is 0 Å². The van der Waals surface area contributed by atoms with Gasteiger partial charge in [-0.2, -0.15) is 0 Å². The Hall–Kier alpha value is -3.45. The number of benzene rings is 1. The molecule has 7 nitrogen and oxygen atoms in total. The van der Waals surface area contributed by atoms with E-state index in [0.717, 1.165) is 72.2 Å². The lowest BCUT2D eigenvalue weighted by molar-refractivity contribution is 0.115. The fourth-order valence-electron chi connectivity index (χ4n) is 4.42. The molecule has 0 amide bonds. The lowest BCUT2D eigenvalue weighted by Gasteiger charge is -2.25. The number of nitrogens with one attached hydrogen (secondary N) is 2. The molecule has 1 aliphatic heterocycles. The second-order valence-electron chi connectivity index (χ2n) is 8.82. The molecule has 0 spiro atoms. The van der Waals surface area contributed by atoms with Crippen molar-refractivity contribution in [3.8, 4) is 34.3 Å². The predicted molar refractivity (Wildman–Crippen MR) is 127 cm³/mol. The second-order valence-corrected chi connectivity index (χ2v) is 8.82. The van der Waals surface area contributed by atoms with Crippen molar-refractivity contribution in [1.29, 1.82) is 0 Å². The normalized spacial score (nSPS) is 18.7. The minimum Gasteiger partial charge on any atom is -0.474 e. The predicted octanol–water partition coefficient (Wildman–Crippen LogP) is 4.75. The van der Waals surface area contributed by atoms with Crippen molar-refractivity contribution in [1.82, 2.24) is 25.3 Å². The fourth-order valence-corrected chi connectivity index (χ4v) is 4.42. The highest BCUT2D eigenvalue weighted by Gasteiger charge is 2.20. The Morgan fingerprint density at radius 3 is 2.58 bits per heavy atom. The number of pyridine rings is 1. The Balaban J connectivity index is 1.29. The molecule has 1 aromatic carbocycles. The zero-order chi connectivity index (χ0) is 22.0. The largest absolute Gasteiger partial charge is 0.474 e. The lowest BCUT2D eigenvalue weighted by Crippen LogP contribution is -2.37. The van der Waals surface area contributed by atoms with Gasteiger partial charge in [0.2, 0.25) is 11.8 Å². The summed E-state index contributed by atoms with van der Waals surface area (Å²) >= 11 is 0. The van der Waals surface area contributed by atoms with Crippen LogP contribution in [0.15, 0.2) is 55.0 Å². The summed E-state index contributed by atoms with van der Waals surface area (Å²) in [6.45, 7) is 1.90. The summed E-state index contributed by atoms with van der Waals surface area (Å²) in [5.41, 5.74) is 4.76. The van der Waals surface area contributed by atoms with E-state index in [1.165, 1.54) is 6.42 Å². The van der Waals surface area contributed by atoms with Gasteiger partial charge >= 0.3 is 0 Å². The summed E-state index contributed by atoms with van der Waals surface area (Å²) in [5, 5.41) is 4.45. The number of hydrogen-bond donors (Lipinski definition) is 2. The monoisotopic (exact) mass is 441 g/mol. The van der Waals surface area contributed by atoms with E-state index in [2.05, 4.69) is 33.5 Å². The Morgan fingerprint density at radius 2 is 1.73 bits per heavy atom. The minimum atomic E-state index is 0.137. The average molecular weight is 442 g/mol. The molecular weight excluding hydrogens is 414 g/mol. The molecule has 2 N–H and O–H groups in total. The summed E-state index contributed by atoms with van der Waals surface area (Å²) in [7, 11) is 0.